The van der Waals surface area contributed by atoms with E-state index in [1.807, 2.05) is 19.9 Å². The number of hydrogen-bond acceptors (Lipinski definition) is 14. The number of hydrogen-bond donors (Lipinski definition) is 3. The molecule has 0 amide bonds. The van der Waals surface area contributed by atoms with E-state index < -0.39 is 32.4 Å². The van der Waals surface area contributed by atoms with E-state index >= 15 is 0 Å². The van der Waals surface area contributed by atoms with Crippen LogP contribution in [0.2, 0.25) is 0 Å². The standard InChI is InChI=1S/C16H17BN2O5.C14H13BN2O5.Li.H2O/c1-3-22-15(20)8-13-16-10(2)6-11(7-12(16)17(21)24-13)23-14-9-18-4-5-19-14;1-8-4-9(21-12-7-16-2-3-17-12)5-10-14(8)11(6-13(18)19)22-15(10)20;;/h4-7,9,13,21H,3,8H2,1-2H3;2-5,7,11,20H,6H2,1H3,(H,18,19);;1H2/q;;+1;/p-1. The maximum Gasteiger partial charge on any atom is 1.00 e. The molecule has 0 fully saturated rings. The molecule has 2 aliphatic heterocycles. The Morgan fingerprint density at radius 2 is 1.25 bits per heavy atom. The minimum atomic E-state index is -1.16. The summed E-state index contributed by atoms with van der Waals surface area (Å²) in [5, 5.41) is 29.1. The van der Waals surface area contributed by atoms with Crippen molar-refractivity contribution in [1.82, 2.24) is 19.9 Å². The van der Waals surface area contributed by atoms with E-state index in [0.29, 0.717) is 46.4 Å². The first-order chi connectivity index (χ1) is 22.1. The van der Waals surface area contributed by atoms with E-state index in [1.54, 1.807) is 31.3 Å². The number of carboxylic acids is 1. The van der Waals surface area contributed by atoms with Crippen molar-refractivity contribution in [3.63, 3.8) is 0 Å². The number of rotatable bonds is 9. The number of ether oxygens (including phenoxy) is 3. The summed E-state index contributed by atoms with van der Waals surface area (Å²) in [7, 11) is -2.27. The summed E-state index contributed by atoms with van der Waals surface area (Å²) >= 11 is 0. The summed E-state index contributed by atoms with van der Waals surface area (Å²) in [6, 6.07) is 6.88. The van der Waals surface area contributed by atoms with Crippen LogP contribution in [0.5, 0.6) is 23.3 Å². The van der Waals surface area contributed by atoms with Crippen LogP contribution >= 0.6 is 0 Å². The summed E-state index contributed by atoms with van der Waals surface area (Å²) in [6.45, 7) is 5.75. The molecule has 2 aliphatic rings. The first-order valence-electron chi connectivity index (χ1n) is 14.3. The van der Waals surface area contributed by atoms with Crippen LogP contribution in [0.3, 0.4) is 0 Å². The Bertz CT molecular complexity index is 1710. The molecule has 48 heavy (non-hydrogen) atoms. The topological polar surface area (TPSA) is 223 Å². The molecule has 244 valence electrons. The summed E-state index contributed by atoms with van der Waals surface area (Å²) < 4.78 is 27.0. The van der Waals surface area contributed by atoms with Crippen molar-refractivity contribution >= 4 is 37.1 Å². The molecule has 2 aromatic heterocycles. The van der Waals surface area contributed by atoms with Gasteiger partial charge in [0.1, 0.15) is 11.5 Å². The van der Waals surface area contributed by atoms with Crippen LogP contribution in [-0.2, 0) is 23.6 Å². The van der Waals surface area contributed by atoms with Gasteiger partial charge >= 0.3 is 45.0 Å². The van der Waals surface area contributed by atoms with E-state index in [-0.39, 0.29) is 43.1 Å². The monoisotopic (exact) mass is 652 g/mol. The van der Waals surface area contributed by atoms with Crippen LogP contribution in [-0.4, -0.2) is 73.3 Å². The zero-order chi connectivity index (χ0) is 32.8. The molecule has 2 aromatic carbocycles. The summed E-state index contributed by atoms with van der Waals surface area (Å²) in [5.74, 6) is 0.346. The van der Waals surface area contributed by atoms with Crippen LogP contribution in [0.25, 0.3) is 0 Å². The number of aliphatic carboxylic acids is 1. The molecule has 0 aliphatic carbocycles. The normalized spacial score (nSPS) is 15.5. The molecule has 0 radical (unpaired) electrons. The van der Waals surface area contributed by atoms with Gasteiger partial charge in [-0.15, -0.1) is 0 Å². The molecule has 0 saturated carbocycles. The summed E-state index contributed by atoms with van der Waals surface area (Å²) in [6.07, 6.45) is 7.78. The number of benzene rings is 2. The molecular weight excluding hydrogens is 621 g/mol. The van der Waals surface area contributed by atoms with Crippen LogP contribution in [0.15, 0.2) is 61.4 Å². The van der Waals surface area contributed by atoms with Crippen molar-refractivity contribution in [3.8, 4) is 23.3 Å². The van der Waals surface area contributed by atoms with Gasteiger partial charge in [-0.2, -0.15) is 0 Å². The quantitative estimate of drug-likeness (QED) is 0.145. The predicted molar refractivity (Wildman–Crippen MR) is 165 cm³/mol. The van der Waals surface area contributed by atoms with Crippen molar-refractivity contribution in [2.24, 2.45) is 0 Å². The van der Waals surface area contributed by atoms with Crippen molar-refractivity contribution in [2.75, 3.05) is 6.61 Å². The molecule has 4 aromatic rings. The first-order valence-corrected chi connectivity index (χ1v) is 14.3. The minimum absolute atomic E-state index is 0. The fourth-order valence-electron chi connectivity index (χ4n) is 5.33. The van der Waals surface area contributed by atoms with Crippen molar-refractivity contribution in [1.29, 1.82) is 0 Å². The summed E-state index contributed by atoms with van der Waals surface area (Å²) in [5.41, 5.74) is 4.24. The molecule has 6 rings (SSSR count). The number of fused-ring (bicyclic) bond motifs is 2. The average molecular weight is 652 g/mol. The number of carbonyl (C=O) groups is 2. The maximum atomic E-state index is 11.7. The molecule has 15 nitrogen and oxygen atoms in total. The first kappa shape index (κ1) is 38.1. The SMILES string of the molecule is CCOC(=O)CC1OB(O)c2cc(Oc3cnccn3)cc(C)c21.Cc1cc(Oc2cnccn2)cc2c1C(CC(=O)O)OB2O.[Li+].[OH-]. The van der Waals surface area contributed by atoms with Gasteiger partial charge < -0.3 is 44.2 Å². The molecule has 4 heterocycles. The van der Waals surface area contributed by atoms with Gasteiger partial charge in [0.2, 0.25) is 11.8 Å². The zero-order valence-electron chi connectivity index (χ0n) is 26.6. The van der Waals surface area contributed by atoms with Crippen LogP contribution in [0, 0.1) is 13.8 Å². The fourth-order valence-corrected chi connectivity index (χ4v) is 5.33. The van der Waals surface area contributed by atoms with Gasteiger partial charge in [-0.05, 0) is 78.2 Å². The smallest absolute Gasteiger partial charge is 0.870 e. The van der Waals surface area contributed by atoms with E-state index in [0.717, 1.165) is 16.7 Å². The number of aryl methyl sites for hydroxylation is 2. The largest absolute Gasteiger partial charge is 1.00 e. The second-order valence-electron chi connectivity index (χ2n) is 10.3. The number of esters is 1. The van der Waals surface area contributed by atoms with Crippen molar-refractivity contribution < 1.29 is 72.6 Å². The Balaban J connectivity index is 0.000000251. The van der Waals surface area contributed by atoms with E-state index in [9.17, 15) is 19.6 Å². The van der Waals surface area contributed by atoms with Gasteiger partial charge in [0.25, 0.3) is 0 Å². The predicted octanol–water partition coefficient (Wildman–Crippen LogP) is -1.07. The van der Waals surface area contributed by atoms with Gasteiger partial charge in [0.15, 0.2) is 0 Å². The third kappa shape index (κ3) is 9.17. The molecule has 18 heteroatoms. The second kappa shape index (κ2) is 17.2. The van der Waals surface area contributed by atoms with E-state index in [1.165, 1.54) is 31.0 Å². The van der Waals surface area contributed by atoms with E-state index in [4.69, 9.17) is 28.6 Å². The molecule has 0 bridgehead atoms. The number of nitrogens with zero attached hydrogens (tertiary/aromatic N) is 4. The van der Waals surface area contributed by atoms with Gasteiger partial charge in [-0.1, -0.05) is 0 Å². The van der Waals surface area contributed by atoms with Crippen molar-refractivity contribution in [2.45, 2.75) is 45.8 Å². The molecule has 0 saturated heterocycles. The van der Waals surface area contributed by atoms with Gasteiger partial charge in [0.05, 0.1) is 44.1 Å². The Morgan fingerprint density at radius 3 is 1.65 bits per heavy atom. The molecular formula is C30H31B2LiN4O11. The number of aromatic nitrogens is 4. The van der Waals surface area contributed by atoms with Crippen LogP contribution < -0.4 is 39.3 Å². The number of carbonyl (C=O) groups excluding carboxylic acids is 1. The molecule has 4 N–H and O–H groups in total. The Morgan fingerprint density at radius 1 is 0.792 bits per heavy atom. The third-order valence-corrected chi connectivity index (χ3v) is 7.09. The van der Waals surface area contributed by atoms with Crippen LogP contribution in [0.4, 0.5) is 0 Å². The summed E-state index contributed by atoms with van der Waals surface area (Å²) in [4.78, 5) is 38.5. The maximum absolute atomic E-state index is 11.7. The Labute approximate surface area is 288 Å². The van der Waals surface area contributed by atoms with Gasteiger partial charge in [-0.3, -0.25) is 19.6 Å². The molecule has 2 unspecified atom stereocenters. The average Bonchev–Trinajstić information content (AvgIpc) is 3.49. The Kier molecular flexibility index (Phi) is 13.6. The fraction of sp³-hybridized carbons (Fsp3) is 0.267. The second-order valence-corrected chi connectivity index (χ2v) is 10.3. The zero-order valence-corrected chi connectivity index (χ0v) is 26.6. The van der Waals surface area contributed by atoms with E-state index in [2.05, 4.69) is 19.9 Å². The molecule has 2 atom stereocenters. The van der Waals surface area contributed by atoms with Gasteiger partial charge in [0, 0.05) is 24.8 Å². The van der Waals surface area contributed by atoms with Gasteiger partial charge in [-0.25, -0.2) is 9.97 Å². The molecule has 0 spiro atoms. The number of carboxylic acid groups (broad SMARTS) is 1. The van der Waals surface area contributed by atoms with Crippen molar-refractivity contribution in [3.05, 3.63) is 83.7 Å². The third-order valence-electron chi connectivity index (χ3n) is 7.09. The Hall–Kier alpha value is -4.33. The minimum Gasteiger partial charge on any atom is -0.870 e. The van der Waals surface area contributed by atoms with Crippen LogP contribution in [0.1, 0.15) is 54.2 Å².